The first-order chi connectivity index (χ1) is 7.08. The average Bonchev–Trinajstić information content (AvgIpc) is 2.41. The van der Waals surface area contributed by atoms with Crippen molar-refractivity contribution in [2.24, 2.45) is 7.05 Å². The molecule has 0 saturated carbocycles. The van der Waals surface area contributed by atoms with Gasteiger partial charge in [0.15, 0.2) is 11.2 Å². The lowest BCUT2D eigenvalue weighted by molar-refractivity contribution is -0.116. The zero-order valence-electron chi connectivity index (χ0n) is 8.48. The summed E-state index contributed by atoms with van der Waals surface area (Å²) >= 11 is 0. The first kappa shape index (κ1) is 9.64. The van der Waals surface area contributed by atoms with Crippen LogP contribution in [0.1, 0.15) is 12.5 Å². The molecule has 0 saturated heterocycles. The van der Waals surface area contributed by atoms with Crippen LogP contribution in [0.5, 0.6) is 0 Å². The highest BCUT2D eigenvalue weighted by molar-refractivity contribution is 5.79. The van der Waals surface area contributed by atoms with Gasteiger partial charge in [0.05, 0.1) is 0 Å². The monoisotopic (exact) mass is 206 g/mol. The first-order valence-electron chi connectivity index (χ1n) is 4.52. The van der Waals surface area contributed by atoms with Gasteiger partial charge in [-0.15, -0.1) is 0 Å². The van der Waals surface area contributed by atoms with Crippen molar-refractivity contribution in [2.75, 3.05) is 0 Å². The average molecular weight is 206 g/mol. The molecule has 2 rings (SSSR count). The summed E-state index contributed by atoms with van der Waals surface area (Å²) in [5.74, 6) is -0.396. The van der Waals surface area contributed by atoms with Gasteiger partial charge in [-0.25, -0.2) is 9.78 Å². The number of rotatable bonds is 2. The molecule has 0 unspecified atom stereocenters. The Morgan fingerprint density at radius 3 is 3.00 bits per heavy atom. The predicted octanol–water partition coefficient (Wildman–Crippen LogP) is 0.658. The van der Waals surface area contributed by atoms with Gasteiger partial charge in [-0.3, -0.25) is 9.36 Å². The van der Waals surface area contributed by atoms with Gasteiger partial charge >= 0.3 is 5.76 Å². The third-order valence-electron chi connectivity index (χ3n) is 2.13. The van der Waals surface area contributed by atoms with Crippen molar-refractivity contribution in [3.05, 3.63) is 28.4 Å². The standard InChI is InChI=1S/C10H10N2O3/c1-6(13)3-7-4-8-9(11-5-7)12(2)10(14)15-8/h4-5H,3H2,1-2H3. The van der Waals surface area contributed by atoms with E-state index in [1.54, 1.807) is 19.3 Å². The second-order valence-corrected chi connectivity index (χ2v) is 3.47. The Morgan fingerprint density at radius 1 is 1.60 bits per heavy atom. The summed E-state index contributed by atoms with van der Waals surface area (Å²) in [7, 11) is 1.59. The molecule has 0 bridgehead atoms. The molecule has 2 aromatic rings. The van der Waals surface area contributed by atoms with Crippen LogP contribution in [0.25, 0.3) is 11.2 Å². The fourth-order valence-electron chi connectivity index (χ4n) is 1.44. The fourth-order valence-corrected chi connectivity index (χ4v) is 1.44. The number of fused-ring (bicyclic) bond motifs is 1. The van der Waals surface area contributed by atoms with Crippen LogP contribution in [0, 0.1) is 0 Å². The second-order valence-electron chi connectivity index (χ2n) is 3.47. The predicted molar refractivity (Wildman–Crippen MR) is 53.6 cm³/mol. The zero-order chi connectivity index (χ0) is 11.0. The van der Waals surface area contributed by atoms with E-state index in [1.165, 1.54) is 11.5 Å². The molecule has 0 spiro atoms. The molecule has 0 fully saturated rings. The lowest BCUT2D eigenvalue weighted by Gasteiger charge is -1.96. The zero-order valence-corrected chi connectivity index (χ0v) is 8.48. The van der Waals surface area contributed by atoms with E-state index in [9.17, 15) is 9.59 Å². The fraction of sp³-hybridized carbons (Fsp3) is 0.300. The molecule has 0 aliphatic carbocycles. The van der Waals surface area contributed by atoms with E-state index in [2.05, 4.69) is 4.98 Å². The highest BCUT2D eigenvalue weighted by Crippen LogP contribution is 2.11. The Labute approximate surface area is 85.3 Å². The van der Waals surface area contributed by atoms with E-state index in [-0.39, 0.29) is 5.78 Å². The smallest absolute Gasteiger partial charge is 0.406 e. The number of carbonyl (C=O) groups is 1. The van der Waals surface area contributed by atoms with Crippen LogP contribution < -0.4 is 5.76 Å². The Morgan fingerprint density at radius 2 is 2.33 bits per heavy atom. The van der Waals surface area contributed by atoms with Gasteiger partial charge in [0, 0.05) is 19.7 Å². The SMILES string of the molecule is CC(=O)Cc1cnc2c(c1)oc(=O)n2C. The van der Waals surface area contributed by atoms with E-state index in [1.807, 2.05) is 0 Å². The van der Waals surface area contributed by atoms with Crippen LogP contribution in [0.3, 0.4) is 0 Å². The number of hydrogen-bond acceptors (Lipinski definition) is 4. The molecule has 15 heavy (non-hydrogen) atoms. The maximum atomic E-state index is 11.2. The van der Waals surface area contributed by atoms with Crippen LogP contribution in [0.2, 0.25) is 0 Å². The van der Waals surface area contributed by atoms with E-state index in [0.29, 0.717) is 17.7 Å². The molecule has 2 heterocycles. The van der Waals surface area contributed by atoms with Crippen LogP contribution in [0.4, 0.5) is 0 Å². The van der Waals surface area contributed by atoms with Gasteiger partial charge in [0.25, 0.3) is 0 Å². The molecule has 0 N–H and O–H groups in total. The Hall–Kier alpha value is -1.91. The first-order valence-corrected chi connectivity index (χ1v) is 4.52. The number of pyridine rings is 1. The Balaban J connectivity index is 2.57. The molecule has 5 nitrogen and oxygen atoms in total. The Bertz CT molecular complexity index is 580. The Kier molecular flexibility index (Phi) is 2.15. The summed E-state index contributed by atoms with van der Waals surface area (Å²) in [5, 5.41) is 0. The minimum atomic E-state index is -0.447. The summed E-state index contributed by atoms with van der Waals surface area (Å²) in [6, 6.07) is 1.67. The second kappa shape index (κ2) is 3.34. The van der Waals surface area contributed by atoms with E-state index in [4.69, 9.17) is 4.42 Å². The largest absolute Gasteiger partial charge is 0.420 e. The van der Waals surface area contributed by atoms with Crippen molar-refractivity contribution in [2.45, 2.75) is 13.3 Å². The number of hydrogen-bond donors (Lipinski definition) is 0. The molecule has 0 aromatic carbocycles. The lowest BCUT2D eigenvalue weighted by atomic mass is 10.1. The van der Waals surface area contributed by atoms with Gasteiger partial charge in [0.2, 0.25) is 0 Å². The lowest BCUT2D eigenvalue weighted by Crippen LogP contribution is -2.08. The van der Waals surface area contributed by atoms with Crippen molar-refractivity contribution in [1.82, 2.24) is 9.55 Å². The minimum Gasteiger partial charge on any atom is -0.406 e. The van der Waals surface area contributed by atoms with Crippen molar-refractivity contribution < 1.29 is 9.21 Å². The maximum absolute atomic E-state index is 11.2. The van der Waals surface area contributed by atoms with Crippen molar-refractivity contribution >= 4 is 17.0 Å². The van der Waals surface area contributed by atoms with Gasteiger partial charge < -0.3 is 4.42 Å². The molecule has 0 aliphatic heterocycles. The molecular formula is C10H10N2O3. The number of aryl methyl sites for hydroxylation is 1. The number of carbonyl (C=O) groups excluding carboxylic acids is 1. The molecule has 0 atom stereocenters. The summed E-state index contributed by atoms with van der Waals surface area (Å²) in [4.78, 5) is 26.1. The van der Waals surface area contributed by atoms with Crippen LogP contribution in [-0.2, 0) is 18.3 Å². The molecular weight excluding hydrogens is 196 g/mol. The third-order valence-corrected chi connectivity index (χ3v) is 2.13. The van der Waals surface area contributed by atoms with Crippen LogP contribution >= 0.6 is 0 Å². The van der Waals surface area contributed by atoms with E-state index in [0.717, 1.165) is 5.56 Å². The number of aromatic nitrogens is 2. The normalized spacial score (nSPS) is 10.8. The van der Waals surface area contributed by atoms with Crippen LogP contribution in [0.15, 0.2) is 21.5 Å². The third kappa shape index (κ3) is 1.68. The topological polar surface area (TPSA) is 65.1 Å². The molecule has 78 valence electrons. The van der Waals surface area contributed by atoms with Crippen LogP contribution in [-0.4, -0.2) is 15.3 Å². The van der Waals surface area contributed by atoms with E-state index < -0.39 is 5.76 Å². The van der Waals surface area contributed by atoms with Gasteiger partial charge in [-0.2, -0.15) is 0 Å². The maximum Gasteiger partial charge on any atom is 0.420 e. The number of nitrogens with zero attached hydrogens (tertiary/aromatic N) is 2. The van der Waals surface area contributed by atoms with E-state index >= 15 is 0 Å². The van der Waals surface area contributed by atoms with Crippen molar-refractivity contribution in [3.8, 4) is 0 Å². The van der Waals surface area contributed by atoms with Crippen molar-refractivity contribution in [3.63, 3.8) is 0 Å². The minimum absolute atomic E-state index is 0.0504. The molecule has 0 aliphatic rings. The van der Waals surface area contributed by atoms with Crippen molar-refractivity contribution in [1.29, 1.82) is 0 Å². The summed E-state index contributed by atoms with van der Waals surface area (Å²) in [5.41, 5.74) is 1.66. The quantitative estimate of drug-likeness (QED) is 0.723. The molecule has 0 radical (unpaired) electrons. The van der Waals surface area contributed by atoms with Gasteiger partial charge in [-0.05, 0) is 18.6 Å². The van der Waals surface area contributed by atoms with Gasteiger partial charge in [-0.1, -0.05) is 0 Å². The molecule has 5 heteroatoms. The summed E-state index contributed by atoms with van der Waals surface area (Å²) in [6.45, 7) is 1.51. The summed E-state index contributed by atoms with van der Waals surface area (Å²) in [6.07, 6.45) is 1.89. The number of Topliss-reactive ketones (excluding diaryl/α,β-unsaturated/α-hetero) is 1. The number of oxazole rings is 1. The molecule has 2 aromatic heterocycles. The summed E-state index contributed by atoms with van der Waals surface area (Å²) < 4.78 is 6.28. The highest BCUT2D eigenvalue weighted by atomic mass is 16.4. The number of ketones is 1. The highest BCUT2D eigenvalue weighted by Gasteiger charge is 2.08. The van der Waals surface area contributed by atoms with Gasteiger partial charge in [0.1, 0.15) is 5.78 Å². The molecule has 0 amide bonds.